The Balaban J connectivity index is 2.29. The second-order valence-corrected chi connectivity index (χ2v) is 6.90. The summed E-state index contributed by atoms with van der Waals surface area (Å²) in [5.74, 6) is 1.29. The Hall–Kier alpha value is -0.770. The van der Waals surface area contributed by atoms with E-state index in [-0.39, 0.29) is 5.41 Å². The summed E-state index contributed by atoms with van der Waals surface area (Å²) in [7, 11) is 0. The molecule has 1 saturated heterocycles. The molecule has 0 aromatic rings. The molecule has 1 rings (SSSR count). The van der Waals surface area contributed by atoms with E-state index in [0.29, 0.717) is 5.84 Å². The summed E-state index contributed by atoms with van der Waals surface area (Å²) < 4.78 is 0. The lowest BCUT2D eigenvalue weighted by molar-refractivity contribution is 0.259. The van der Waals surface area contributed by atoms with E-state index in [1.54, 1.807) is 0 Å². The minimum Gasteiger partial charge on any atom is -0.409 e. The van der Waals surface area contributed by atoms with Crippen LogP contribution in [0.3, 0.4) is 0 Å². The highest BCUT2D eigenvalue weighted by molar-refractivity contribution is 5.85. The van der Waals surface area contributed by atoms with Crippen LogP contribution in [-0.4, -0.2) is 35.6 Å². The number of nitrogens with two attached hydrogens (primary N) is 1. The largest absolute Gasteiger partial charge is 0.409 e. The monoisotopic (exact) mass is 283 g/mol. The zero-order chi connectivity index (χ0) is 15.0. The molecule has 3 N–H and O–H groups in total. The summed E-state index contributed by atoms with van der Waals surface area (Å²) in [6.07, 6.45) is 8.90. The summed E-state index contributed by atoms with van der Waals surface area (Å²) in [4.78, 5) is 2.60. The Labute approximate surface area is 124 Å². The first-order valence-electron chi connectivity index (χ1n) is 8.20. The fourth-order valence-corrected chi connectivity index (χ4v) is 3.15. The fourth-order valence-electron chi connectivity index (χ4n) is 3.15. The van der Waals surface area contributed by atoms with Crippen molar-refractivity contribution in [1.82, 2.24) is 4.90 Å². The Bertz CT molecular complexity index is 302. The summed E-state index contributed by atoms with van der Waals surface area (Å²) in [6.45, 7) is 10.0. The van der Waals surface area contributed by atoms with Crippen molar-refractivity contribution in [2.24, 2.45) is 22.2 Å². The Morgan fingerprint density at radius 2 is 2.10 bits per heavy atom. The Morgan fingerprint density at radius 3 is 2.75 bits per heavy atom. The standard InChI is InChI=1S/C16H33N3O/c1-4-7-14-8-5-11-19(13-9-14)12-6-10-16(2,3)15(17)18-20/h14,20H,4-13H2,1-3H3,(H2,17,18). The highest BCUT2D eigenvalue weighted by Crippen LogP contribution is 2.25. The molecule has 4 nitrogen and oxygen atoms in total. The molecular formula is C16H33N3O. The number of rotatable bonds is 7. The van der Waals surface area contributed by atoms with Crippen LogP contribution in [0.15, 0.2) is 5.16 Å². The quantitative estimate of drug-likeness (QED) is 0.325. The normalized spacial score (nSPS) is 22.8. The van der Waals surface area contributed by atoms with E-state index in [0.717, 1.165) is 25.3 Å². The first-order valence-corrected chi connectivity index (χ1v) is 8.20. The first kappa shape index (κ1) is 17.3. The molecule has 4 heteroatoms. The predicted molar refractivity (Wildman–Crippen MR) is 85.1 cm³/mol. The number of hydrogen-bond donors (Lipinski definition) is 2. The molecule has 0 spiro atoms. The van der Waals surface area contributed by atoms with E-state index < -0.39 is 0 Å². The molecular weight excluding hydrogens is 250 g/mol. The van der Waals surface area contributed by atoms with Crippen LogP contribution in [0.2, 0.25) is 0 Å². The molecule has 1 heterocycles. The van der Waals surface area contributed by atoms with E-state index in [1.165, 1.54) is 45.2 Å². The maximum atomic E-state index is 8.79. The second-order valence-electron chi connectivity index (χ2n) is 6.90. The summed E-state index contributed by atoms with van der Waals surface area (Å²) >= 11 is 0. The lowest BCUT2D eigenvalue weighted by Gasteiger charge is -2.25. The SMILES string of the molecule is CCCC1CCCN(CCCC(C)(C)C(N)=NO)CC1. The van der Waals surface area contributed by atoms with Crippen molar-refractivity contribution in [2.45, 2.75) is 65.7 Å². The average molecular weight is 283 g/mol. The van der Waals surface area contributed by atoms with E-state index in [4.69, 9.17) is 10.9 Å². The summed E-state index contributed by atoms with van der Waals surface area (Å²) in [6, 6.07) is 0. The number of oxime groups is 1. The van der Waals surface area contributed by atoms with E-state index in [9.17, 15) is 0 Å². The van der Waals surface area contributed by atoms with Crippen LogP contribution in [0.5, 0.6) is 0 Å². The Morgan fingerprint density at radius 1 is 1.35 bits per heavy atom. The zero-order valence-electron chi connectivity index (χ0n) is 13.6. The number of hydrogen-bond acceptors (Lipinski definition) is 3. The van der Waals surface area contributed by atoms with Crippen molar-refractivity contribution < 1.29 is 5.21 Å². The summed E-state index contributed by atoms with van der Waals surface area (Å²) in [5.41, 5.74) is 5.53. The highest BCUT2D eigenvalue weighted by atomic mass is 16.4. The minimum atomic E-state index is -0.203. The minimum absolute atomic E-state index is 0.203. The van der Waals surface area contributed by atoms with Crippen LogP contribution in [0.1, 0.15) is 65.7 Å². The predicted octanol–water partition coefficient (Wildman–Crippen LogP) is 3.44. The third kappa shape index (κ3) is 5.70. The lowest BCUT2D eigenvalue weighted by Crippen LogP contribution is -2.33. The van der Waals surface area contributed by atoms with Gasteiger partial charge >= 0.3 is 0 Å². The molecule has 1 unspecified atom stereocenters. The van der Waals surface area contributed by atoms with E-state index in [1.807, 2.05) is 13.8 Å². The Kier molecular flexibility index (Phi) is 7.35. The number of nitrogens with zero attached hydrogens (tertiary/aromatic N) is 2. The van der Waals surface area contributed by atoms with Crippen LogP contribution in [0.25, 0.3) is 0 Å². The van der Waals surface area contributed by atoms with Gasteiger partial charge in [0.25, 0.3) is 0 Å². The lowest BCUT2D eigenvalue weighted by atomic mass is 9.86. The molecule has 1 atom stereocenters. The van der Waals surface area contributed by atoms with Crippen LogP contribution in [0.4, 0.5) is 0 Å². The van der Waals surface area contributed by atoms with Gasteiger partial charge in [-0.15, -0.1) is 0 Å². The van der Waals surface area contributed by atoms with E-state index >= 15 is 0 Å². The van der Waals surface area contributed by atoms with Crippen molar-refractivity contribution in [3.8, 4) is 0 Å². The molecule has 20 heavy (non-hydrogen) atoms. The van der Waals surface area contributed by atoms with Gasteiger partial charge in [0, 0.05) is 5.41 Å². The molecule has 0 aromatic heterocycles. The molecule has 0 aromatic carbocycles. The third-order valence-electron chi connectivity index (χ3n) is 4.71. The molecule has 0 amide bonds. The topological polar surface area (TPSA) is 61.8 Å². The second kappa shape index (κ2) is 8.50. The van der Waals surface area contributed by atoms with Gasteiger partial charge < -0.3 is 15.8 Å². The molecule has 0 radical (unpaired) electrons. The van der Waals surface area contributed by atoms with Crippen molar-refractivity contribution in [1.29, 1.82) is 0 Å². The fraction of sp³-hybridized carbons (Fsp3) is 0.938. The van der Waals surface area contributed by atoms with Gasteiger partial charge in [-0.3, -0.25) is 0 Å². The van der Waals surface area contributed by atoms with Crippen molar-refractivity contribution in [3.63, 3.8) is 0 Å². The van der Waals surface area contributed by atoms with Gasteiger partial charge in [0.1, 0.15) is 5.84 Å². The summed E-state index contributed by atoms with van der Waals surface area (Å²) in [5, 5.41) is 11.9. The molecule has 118 valence electrons. The molecule has 1 aliphatic heterocycles. The first-order chi connectivity index (χ1) is 9.49. The van der Waals surface area contributed by atoms with Crippen LogP contribution < -0.4 is 5.73 Å². The van der Waals surface area contributed by atoms with Crippen molar-refractivity contribution >= 4 is 5.84 Å². The number of amidine groups is 1. The third-order valence-corrected chi connectivity index (χ3v) is 4.71. The number of likely N-dealkylation sites (tertiary alicyclic amines) is 1. The van der Waals surface area contributed by atoms with Gasteiger partial charge in [0.05, 0.1) is 0 Å². The van der Waals surface area contributed by atoms with Gasteiger partial charge in [-0.1, -0.05) is 38.8 Å². The molecule has 0 aliphatic carbocycles. The van der Waals surface area contributed by atoms with Gasteiger partial charge in [0.15, 0.2) is 0 Å². The smallest absolute Gasteiger partial charge is 0.144 e. The molecule has 1 aliphatic rings. The van der Waals surface area contributed by atoms with Gasteiger partial charge in [0.2, 0.25) is 0 Å². The zero-order valence-corrected chi connectivity index (χ0v) is 13.6. The van der Waals surface area contributed by atoms with E-state index in [2.05, 4.69) is 17.0 Å². The van der Waals surface area contributed by atoms with Crippen molar-refractivity contribution in [2.75, 3.05) is 19.6 Å². The highest BCUT2D eigenvalue weighted by Gasteiger charge is 2.23. The van der Waals surface area contributed by atoms with Gasteiger partial charge in [-0.2, -0.15) is 0 Å². The maximum absolute atomic E-state index is 8.79. The molecule has 0 bridgehead atoms. The molecule has 1 fully saturated rings. The average Bonchev–Trinajstić information content (AvgIpc) is 2.64. The van der Waals surface area contributed by atoms with Crippen LogP contribution >= 0.6 is 0 Å². The molecule has 0 saturated carbocycles. The van der Waals surface area contributed by atoms with Crippen LogP contribution in [0, 0.1) is 11.3 Å². The maximum Gasteiger partial charge on any atom is 0.144 e. The van der Waals surface area contributed by atoms with Gasteiger partial charge in [-0.05, 0) is 57.7 Å². The van der Waals surface area contributed by atoms with Gasteiger partial charge in [-0.25, -0.2) is 0 Å². The van der Waals surface area contributed by atoms with Crippen molar-refractivity contribution in [3.05, 3.63) is 0 Å². The van der Waals surface area contributed by atoms with Crippen LogP contribution in [-0.2, 0) is 0 Å².